The summed E-state index contributed by atoms with van der Waals surface area (Å²) in [4.78, 5) is 21.4. The van der Waals surface area contributed by atoms with E-state index in [-0.39, 0.29) is 11.7 Å². The van der Waals surface area contributed by atoms with Gasteiger partial charge in [-0.15, -0.1) is 0 Å². The topological polar surface area (TPSA) is 96.4 Å². The van der Waals surface area contributed by atoms with Crippen LogP contribution in [0.5, 0.6) is 11.6 Å². The van der Waals surface area contributed by atoms with Gasteiger partial charge in [0.1, 0.15) is 11.6 Å². The van der Waals surface area contributed by atoms with Crippen molar-refractivity contribution in [2.24, 2.45) is 0 Å². The number of carbonyl (C=O) groups is 1. The average Bonchev–Trinajstić information content (AvgIpc) is 3.51. The molecule has 1 amide bonds. The van der Waals surface area contributed by atoms with E-state index < -0.39 is 5.41 Å². The van der Waals surface area contributed by atoms with Crippen LogP contribution in [0.15, 0.2) is 60.9 Å². The minimum absolute atomic E-state index is 0.0611. The lowest BCUT2D eigenvalue weighted by atomic mass is 9.95. The maximum absolute atomic E-state index is 12.9. The van der Waals surface area contributed by atoms with Gasteiger partial charge in [-0.25, -0.2) is 9.97 Å². The Morgan fingerprint density at radius 1 is 1.11 bits per heavy atom. The van der Waals surface area contributed by atoms with Crippen molar-refractivity contribution in [3.63, 3.8) is 0 Å². The second-order valence-electron chi connectivity index (χ2n) is 6.73. The fourth-order valence-corrected chi connectivity index (χ4v) is 3.13. The quantitative estimate of drug-likeness (QED) is 0.608. The second-order valence-corrected chi connectivity index (χ2v) is 6.73. The zero-order valence-electron chi connectivity index (χ0n) is 15.3. The second kappa shape index (κ2) is 7.19. The number of nitrogens with one attached hydrogen (secondary N) is 2. The molecule has 1 fully saturated rings. The zero-order valence-corrected chi connectivity index (χ0v) is 15.3. The molecule has 0 radical (unpaired) electrons. The summed E-state index contributed by atoms with van der Waals surface area (Å²) in [5.74, 6) is 1.23. The van der Waals surface area contributed by atoms with E-state index in [1.807, 2.05) is 18.2 Å². The van der Waals surface area contributed by atoms with Crippen LogP contribution in [0.1, 0.15) is 18.4 Å². The normalized spacial score (nSPS) is 14.2. The Morgan fingerprint density at radius 3 is 2.64 bits per heavy atom. The molecule has 0 saturated heterocycles. The summed E-state index contributed by atoms with van der Waals surface area (Å²) in [5.41, 5.74) is 1.70. The first-order valence-electron chi connectivity index (χ1n) is 8.93. The number of phenols is 1. The fraction of sp³-hybridized carbons (Fsp3) is 0.190. The van der Waals surface area contributed by atoms with E-state index in [0.717, 1.165) is 24.1 Å². The molecule has 3 N–H and O–H groups in total. The number of nitrogens with zero attached hydrogens (tertiary/aromatic N) is 2. The summed E-state index contributed by atoms with van der Waals surface area (Å²) in [6, 6.07) is 14.0. The predicted molar refractivity (Wildman–Crippen MR) is 106 cm³/mol. The van der Waals surface area contributed by atoms with E-state index in [1.54, 1.807) is 49.8 Å². The molecule has 28 heavy (non-hydrogen) atoms. The Kier molecular flexibility index (Phi) is 4.57. The van der Waals surface area contributed by atoms with Gasteiger partial charge in [0.05, 0.1) is 24.4 Å². The number of anilines is 3. The zero-order chi connectivity index (χ0) is 19.6. The van der Waals surface area contributed by atoms with Gasteiger partial charge >= 0.3 is 0 Å². The van der Waals surface area contributed by atoms with Crippen LogP contribution in [0.2, 0.25) is 0 Å². The number of ether oxygens (including phenoxy) is 1. The standard InChI is InChI=1S/C21H20N4O3/c1-28-19-6-5-16(13-23-19)25-20(27)21(8-9-21)14-7-10-22-18(11-14)24-15-3-2-4-17(26)12-15/h2-7,10-13,26H,8-9H2,1H3,(H,22,24)(H,25,27). The molecule has 2 heterocycles. The van der Waals surface area contributed by atoms with Crippen LogP contribution >= 0.6 is 0 Å². The van der Waals surface area contributed by atoms with E-state index in [1.165, 1.54) is 0 Å². The summed E-state index contributed by atoms with van der Waals surface area (Å²) in [6.45, 7) is 0. The monoisotopic (exact) mass is 376 g/mol. The molecule has 2 aromatic heterocycles. The summed E-state index contributed by atoms with van der Waals surface area (Å²) in [5, 5.41) is 15.7. The molecule has 0 aliphatic heterocycles. The molecule has 0 unspecified atom stereocenters. The summed E-state index contributed by atoms with van der Waals surface area (Å²) < 4.78 is 5.04. The van der Waals surface area contributed by atoms with Crippen LogP contribution < -0.4 is 15.4 Å². The lowest BCUT2D eigenvalue weighted by molar-refractivity contribution is -0.118. The highest BCUT2D eigenvalue weighted by molar-refractivity contribution is 6.01. The third kappa shape index (κ3) is 3.59. The highest BCUT2D eigenvalue weighted by atomic mass is 16.5. The van der Waals surface area contributed by atoms with Crippen LogP contribution in [0, 0.1) is 0 Å². The van der Waals surface area contributed by atoms with Crippen LogP contribution in [0.4, 0.5) is 17.2 Å². The van der Waals surface area contributed by atoms with Gasteiger partial charge in [-0.3, -0.25) is 4.79 Å². The smallest absolute Gasteiger partial charge is 0.235 e. The number of phenolic OH excluding ortho intramolecular Hbond substituents is 1. The van der Waals surface area contributed by atoms with Crippen molar-refractivity contribution in [2.75, 3.05) is 17.7 Å². The Balaban J connectivity index is 1.51. The minimum atomic E-state index is -0.557. The number of hydrogen-bond donors (Lipinski definition) is 3. The van der Waals surface area contributed by atoms with Crippen molar-refractivity contribution in [3.05, 3.63) is 66.5 Å². The number of hydrogen-bond acceptors (Lipinski definition) is 6. The Hall–Kier alpha value is -3.61. The van der Waals surface area contributed by atoms with E-state index in [9.17, 15) is 9.90 Å². The number of amides is 1. The van der Waals surface area contributed by atoms with Gasteiger partial charge in [0, 0.05) is 24.0 Å². The molecular weight excluding hydrogens is 356 g/mol. The van der Waals surface area contributed by atoms with Crippen molar-refractivity contribution in [3.8, 4) is 11.6 Å². The van der Waals surface area contributed by atoms with Crippen LogP contribution in [-0.2, 0) is 10.2 Å². The van der Waals surface area contributed by atoms with Gasteiger partial charge in [0.25, 0.3) is 0 Å². The first-order chi connectivity index (χ1) is 13.6. The van der Waals surface area contributed by atoms with Crippen molar-refractivity contribution >= 4 is 23.1 Å². The van der Waals surface area contributed by atoms with Crippen LogP contribution in [-0.4, -0.2) is 28.1 Å². The highest BCUT2D eigenvalue weighted by Gasteiger charge is 2.51. The molecule has 0 atom stereocenters. The molecule has 1 aromatic carbocycles. The van der Waals surface area contributed by atoms with Crippen molar-refractivity contribution < 1.29 is 14.6 Å². The molecule has 1 aliphatic rings. The number of aromatic hydroxyl groups is 1. The fourth-order valence-electron chi connectivity index (χ4n) is 3.13. The Bertz CT molecular complexity index is 1000. The van der Waals surface area contributed by atoms with Gasteiger partial charge in [-0.1, -0.05) is 6.07 Å². The molecular formula is C21H20N4O3. The minimum Gasteiger partial charge on any atom is -0.508 e. The Morgan fingerprint density at radius 2 is 1.96 bits per heavy atom. The lowest BCUT2D eigenvalue weighted by Gasteiger charge is -2.17. The molecule has 1 aliphatic carbocycles. The van der Waals surface area contributed by atoms with Gasteiger partial charge in [-0.05, 0) is 48.7 Å². The third-order valence-corrected chi connectivity index (χ3v) is 4.82. The molecule has 142 valence electrons. The SMILES string of the molecule is COc1ccc(NC(=O)C2(c3ccnc(Nc4cccc(O)c4)c3)CC2)cn1. The number of methoxy groups -OCH3 is 1. The van der Waals surface area contributed by atoms with Crippen molar-refractivity contribution in [1.29, 1.82) is 0 Å². The maximum Gasteiger partial charge on any atom is 0.235 e. The van der Waals surface area contributed by atoms with E-state index >= 15 is 0 Å². The number of carbonyl (C=O) groups excluding carboxylic acids is 1. The molecule has 0 bridgehead atoms. The first kappa shape index (κ1) is 17.8. The summed E-state index contributed by atoms with van der Waals surface area (Å²) in [7, 11) is 1.55. The van der Waals surface area contributed by atoms with Crippen LogP contribution in [0.3, 0.4) is 0 Å². The predicted octanol–water partition coefficient (Wildman–Crippen LogP) is 3.60. The Labute approximate surface area is 162 Å². The number of benzene rings is 1. The molecule has 7 heteroatoms. The largest absolute Gasteiger partial charge is 0.508 e. The molecule has 3 aromatic rings. The number of aromatic nitrogens is 2. The maximum atomic E-state index is 12.9. The van der Waals surface area contributed by atoms with E-state index in [4.69, 9.17) is 4.74 Å². The number of rotatable bonds is 6. The van der Waals surface area contributed by atoms with Gasteiger partial charge in [0.15, 0.2) is 0 Å². The van der Waals surface area contributed by atoms with Crippen molar-refractivity contribution in [1.82, 2.24) is 9.97 Å². The summed E-state index contributed by atoms with van der Waals surface area (Å²) in [6.07, 6.45) is 4.81. The van der Waals surface area contributed by atoms with Gasteiger partial charge in [-0.2, -0.15) is 0 Å². The third-order valence-electron chi connectivity index (χ3n) is 4.82. The molecule has 0 spiro atoms. The highest BCUT2D eigenvalue weighted by Crippen LogP contribution is 2.49. The van der Waals surface area contributed by atoms with Crippen molar-refractivity contribution in [2.45, 2.75) is 18.3 Å². The van der Waals surface area contributed by atoms with E-state index in [0.29, 0.717) is 17.4 Å². The summed E-state index contributed by atoms with van der Waals surface area (Å²) >= 11 is 0. The molecule has 7 nitrogen and oxygen atoms in total. The van der Waals surface area contributed by atoms with E-state index in [2.05, 4.69) is 20.6 Å². The van der Waals surface area contributed by atoms with Gasteiger partial charge < -0.3 is 20.5 Å². The number of pyridine rings is 2. The lowest BCUT2D eigenvalue weighted by Crippen LogP contribution is -2.28. The average molecular weight is 376 g/mol. The van der Waals surface area contributed by atoms with Gasteiger partial charge in [0.2, 0.25) is 11.8 Å². The van der Waals surface area contributed by atoms with Crippen LogP contribution in [0.25, 0.3) is 0 Å². The molecule has 4 rings (SSSR count). The first-order valence-corrected chi connectivity index (χ1v) is 8.93. The molecule has 1 saturated carbocycles.